The van der Waals surface area contributed by atoms with Crippen LogP contribution in [0.2, 0.25) is 0 Å². The first-order valence-electron chi connectivity index (χ1n) is 6.71. The molecule has 2 aromatic heterocycles. The van der Waals surface area contributed by atoms with Crippen molar-refractivity contribution in [1.29, 1.82) is 0 Å². The van der Waals surface area contributed by atoms with E-state index in [0.717, 1.165) is 37.6 Å². The Bertz CT molecular complexity index is 507. The number of hydrogen-bond acceptors (Lipinski definition) is 4. The second kappa shape index (κ2) is 6.31. The summed E-state index contributed by atoms with van der Waals surface area (Å²) in [6.07, 6.45) is 7.74. The minimum atomic E-state index is 0.825. The maximum atomic E-state index is 4.55. The van der Waals surface area contributed by atoms with Gasteiger partial charge in [-0.05, 0) is 25.8 Å². The van der Waals surface area contributed by atoms with Gasteiger partial charge in [0.25, 0.3) is 0 Å². The van der Waals surface area contributed by atoms with Crippen molar-refractivity contribution in [1.82, 2.24) is 19.7 Å². The van der Waals surface area contributed by atoms with Crippen molar-refractivity contribution in [3.05, 3.63) is 36.0 Å². The molecular formula is C14H21N5. The molecule has 0 aliphatic rings. The first-order chi connectivity index (χ1) is 9.20. The first kappa shape index (κ1) is 13.5. The van der Waals surface area contributed by atoms with E-state index in [9.17, 15) is 0 Å². The summed E-state index contributed by atoms with van der Waals surface area (Å²) in [6.45, 7) is 5.96. The average Bonchev–Trinajstić information content (AvgIpc) is 2.91. The van der Waals surface area contributed by atoms with Gasteiger partial charge >= 0.3 is 0 Å². The van der Waals surface area contributed by atoms with E-state index in [2.05, 4.69) is 33.9 Å². The van der Waals surface area contributed by atoms with Crippen LogP contribution in [0.25, 0.3) is 0 Å². The lowest BCUT2D eigenvalue weighted by Crippen LogP contribution is -2.23. The molecule has 5 nitrogen and oxygen atoms in total. The predicted molar refractivity (Wildman–Crippen MR) is 76.3 cm³/mol. The van der Waals surface area contributed by atoms with E-state index in [-0.39, 0.29) is 0 Å². The fourth-order valence-electron chi connectivity index (χ4n) is 2.07. The summed E-state index contributed by atoms with van der Waals surface area (Å²) in [5.74, 6) is 1.88. The molecule has 2 aromatic rings. The van der Waals surface area contributed by atoms with Gasteiger partial charge in [0.15, 0.2) is 0 Å². The average molecular weight is 259 g/mol. The summed E-state index contributed by atoms with van der Waals surface area (Å²) in [5, 5.41) is 4.21. The second-order valence-electron chi connectivity index (χ2n) is 4.66. The SMILES string of the molecule is CCc1cnc(C)nc1N(C)CCCn1cccn1. The molecule has 0 spiro atoms. The summed E-state index contributed by atoms with van der Waals surface area (Å²) in [7, 11) is 2.09. The number of aryl methyl sites for hydroxylation is 3. The summed E-state index contributed by atoms with van der Waals surface area (Å²) in [5.41, 5.74) is 1.20. The van der Waals surface area contributed by atoms with Crippen molar-refractivity contribution in [2.24, 2.45) is 0 Å². The zero-order valence-electron chi connectivity index (χ0n) is 11.9. The number of aromatic nitrogens is 4. The van der Waals surface area contributed by atoms with Crippen LogP contribution in [0.4, 0.5) is 5.82 Å². The van der Waals surface area contributed by atoms with Gasteiger partial charge in [0.05, 0.1) is 0 Å². The minimum Gasteiger partial charge on any atom is -0.359 e. The summed E-state index contributed by atoms with van der Waals surface area (Å²) >= 11 is 0. The van der Waals surface area contributed by atoms with Crippen molar-refractivity contribution < 1.29 is 0 Å². The van der Waals surface area contributed by atoms with E-state index in [1.165, 1.54) is 5.56 Å². The molecule has 0 aliphatic carbocycles. The fourth-order valence-corrected chi connectivity index (χ4v) is 2.07. The van der Waals surface area contributed by atoms with E-state index in [1.54, 1.807) is 0 Å². The number of rotatable bonds is 6. The molecule has 0 atom stereocenters. The predicted octanol–water partition coefficient (Wildman–Crippen LogP) is 2.07. The molecule has 19 heavy (non-hydrogen) atoms. The molecule has 0 fully saturated rings. The van der Waals surface area contributed by atoms with Gasteiger partial charge in [0, 0.05) is 44.3 Å². The third-order valence-electron chi connectivity index (χ3n) is 3.14. The van der Waals surface area contributed by atoms with Gasteiger partial charge in [0.1, 0.15) is 11.6 Å². The maximum Gasteiger partial charge on any atom is 0.135 e. The van der Waals surface area contributed by atoms with Gasteiger partial charge in [0.2, 0.25) is 0 Å². The molecule has 0 aliphatic heterocycles. The molecular weight excluding hydrogens is 238 g/mol. The normalized spacial score (nSPS) is 10.7. The van der Waals surface area contributed by atoms with E-state index in [0.29, 0.717) is 0 Å². The number of nitrogens with zero attached hydrogens (tertiary/aromatic N) is 5. The van der Waals surface area contributed by atoms with Gasteiger partial charge < -0.3 is 4.90 Å². The molecule has 0 amide bonds. The molecule has 5 heteroatoms. The third kappa shape index (κ3) is 3.53. The lowest BCUT2D eigenvalue weighted by Gasteiger charge is -2.21. The van der Waals surface area contributed by atoms with Crippen LogP contribution in [0.15, 0.2) is 24.7 Å². The van der Waals surface area contributed by atoms with E-state index in [1.807, 2.05) is 36.3 Å². The Morgan fingerprint density at radius 2 is 2.21 bits per heavy atom. The van der Waals surface area contributed by atoms with Crippen LogP contribution in [0, 0.1) is 6.92 Å². The van der Waals surface area contributed by atoms with Crippen molar-refractivity contribution >= 4 is 5.82 Å². The Labute approximate surface area is 114 Å². The van der Waals surface area contributed by atoms with Crippen LogP contribution in [0.5, 0.6) is 0 Å². The molecule has 0 radical (unpaired) electrons. The molecule has 0 N–H and O–H groups in total. The van der Waals surface area contributed by atoms with Crippen LogP contribution in [0.1, 0.15) is 24.7 Å². The second-order valence-corrected chi connectivity index (χ2v) is 4.66. The van der Waals surface area contributed by atoms with Crippen molar-refractivity contribution in [3.63, 3.8) is 0 Å². The van der Waals surface area contributed by atoms with Gasteiger partial charge in [-0.1, -0.05) is 6.92 Å². The highest BCUT2D eigenvalue weighted by Crippen LogP contribution is 2.16. The van der Waals surface area contributed by atoms with Crippen LogP contribution in [-0.2, 0) is 13.0 Å². The lowest BCUT2D eigenvalue weighted by molar-refractivity contribution is 0.576. The third-order valence-corrected chi connectivity index (χ3v) is 3.14. The van der Waals surface area contributed by atoms with Gasteiger partial charge in [-0.3, -0.25) is 4.68 Å². The molecule has 0 saturated carbocycles. The fraction of sp³-hybridized carbons (Fsp3) is 0.500. The summed E-state index contributed by atoms with van der Waals surface area (Å²) < 4.78 is 1.96. The Morgan fingerprint density at radius 3 is 2.89 bits per heavy atom. The summed E-state index contributed by atoms with van der Waals surface area (Å²) in [6, 6.07) is 1.95. The zero-order chi connectivity index (χ0) is 13.7. The molecule has 2 heterocycles. The Hall–Kier alpha value is -1.91. The zero-order valence-corrected chi connectivity index (χ0v) is 11.9. The maximum absolute atomic E-state index is 4.55. The van der Waals surface area contributed by atoms with E-state index >= 15 is 0 Å². The van der Waals surface area contributed by atoms with E-state index < -0.39 is 0 Å². The number of anilines is 1. The standard InChI is InChI=1S/C14H21N5/c1-4-13-11-15-12(2)17-14(13)18(3)8-6-10-19-9-5-7-16-19/h5,7,9,11H,4,6,8,10H2,1-3H3. The van der Waals surface area contributed by atoms with Crippen LogP contribution in [0.3, 0.4) is 0 Å². The highest BCUT2D eigenvalue weighted by atomic mass is 15.3. The van der Waals surface area contributed by atoms with Crippen LogP contribution in [-0.4, -0.2) is 33.3 Å². The topological polar surface area (TPSA) is 46.8 Å². The first-order valence-corrected chi connectivity index (χ1v) is 6.71. The van der Waals surface area contributed by atoms with Crippen molar-refractivity contribution in [2.75, 3.05) is 18.5 Å². The summed E-state index contributed by atoms with van der Waals surface area (Å²) in [4.78, 5) is 11.0. The highest BCUT2D eigenvalue weighted by Gasteiger charge is 2.09. The molecule has 0 aromatic carbocycles. The largest absolute Gasteiger partial charge is 0.359 e. The van der Waals surface area contributed by atoms with Crippen molar-refractivity contribution in [3.8, 4) is 0 Å². The molecule has 0 bridgehead atoms. The molecule has 0 saturated heterocycles. The molecule has 0 unspecified atom stereocenters. The van der Waals surface area contributed by atoms with Crippen molar-refractivity contribution in [2.45, 2.75) is 33.2 Å². The van der Waals surface area contributed by atoms with Crippen LogP contribution < -0.4 is 4.90 Å². The Morgan fingerprint density at radius 1 is 1.37 bits per heavy atom. The number of hydrogen-bond donors (Lipinski definition) is 0. The lowest BCUT2D eigenvalue weighted by atomic mass is 10.2. The quantitative estimate of drug-likeness (QED) is 0.796. The van der Waals surface area contributed by atoms with E-state index in [4.69, 9.17) is 0 Å². The Balaban J connectivity index is 1.95. The highest BCUT2D eigenvalue weighted by molar-refractivity contribution is 5.45. The monoisotopic (exact) mass is 259 g/mol. The van der Waals surface area contributed by atoms with Gasteiger partial charge in [-0.15, -0.1) is 0 Å². The molecule has 102 valence electrons. The van der Waals surface area contributed by atoms with Gasteiger partial charge in [-0.2, -0.15) is 5.10 Å². The molecule has 2 rings (SSSR count). The minimum absolute atomic E-state index is 0.825. The van der Waals surface area contributed by atoms with Crippen LogP contribution >= 0.6 is 0 Å². The van der Waals surface area contributed by atoms with Gasteiger partial charge in [-0.25, -0.2) is 9.97 Å². The Kier molecular flexibility index (Phi) is 4.49. The smallest absolute Gasteiger partial charge is 0.135 e.